The molecule has 1 heterocycles. The maximum Gasteiger partial charge on any atom is 0.0541 e. The lowest BCUT2D eigenvalue weighted by atomic mass is 9.62. The van der Waals surface area contributed by atoms with Crippen LogP contribution in [0.15, 0.2) is 200 Å². The monoisotopic (exact) mass is 753 g/mol. The van der Waals surface area contributed by atoms with E-state index in [4.69, 9.17) is 0 Å². The summed E-state index contributed by atoms with van der Waals surface area (Å²) >= 11 is 0. The lowest BCUT2D eigenvalue weighted by molar-refractivity contribution is 0.245. The van der Waals surface area contributed by atoms with Crippen LogP contribution in [0.2, 0.25) is 0 Å². The molecule has 0 amide bonds. The van der Waals surface area contributed by atoms with Crippen molar-refractivity contribution in [3.8, 4) is 39.1 Å². The van der Waals surface area contributed by atoms with Crippen molar-refractivity contribution in [3.05, 3.63) is 211 Å². The number of para-hydroxylation sites is 2. The fraction of sp³-hybridized carbons (Fsp3) is 0.103. The Kier molecular flexibility index (Phi) is 7.24. The molecule has 59 heavy (non-hydrogen) atoms. The summed E-state index contributed by atoms with van der Waals surface area (Å²) in [6.07, 6.45) is 9.41. The standard InChI is InChI=1S/C58H43N/c1-57(2)51-36-49(41-19-7-8-22-44(41)56(51)50-25-15-16-34-58(50,57)3)55-46-24-10-9-23-45(46)54(38-17-5-4-6-18-38)47-33-30-39(35-48(47)55)37-28-31-40(32-29-37)59-52-26-13-11-20-42(52)43-21-12-14-27-53(43)59/h4-36,50H,1-3H3. The van der Waals surface area contributed by atoms with Gasteiger partial charge in [0.2, 0.25) is 0 Å². The molecule has 0 saturated heterocycles. The molecule has 2 unspecified atom stereocenters. The molecule has 0 fully saturated rings. The van der Waals surface area contributed by atoms with Gasteiger partial charge in [-0.3, -0.25) is 0 Å². The van der Waals surface area contributed by atoms with Gasteiger partial charge in [-0.05, 0) is 119 Å². The van der Waals surface area contributed by atoms with Crippen molar-refractivity contribution in [2.75, 3.05) is 0 Å². The van der Waals surface area contributed by atoms with Crippen molar-refractivity contribution in [2.24, 2.45) is 5.41 Å². The maximum absolute atomic E-state index is 2.58. The highest BCUT2D eigenvalue weighted by Crippen LogP contribution is 2.63. The van der Waals surface area contributed by atoms with Gasteiger partial charge in [0.25, 0.3) is 0 Å². The summed E-state index contributed by atoms with van der Waals surface area (Å²) in [6.45, 7) is 7.39. The number of nitrogens with zero attached hydrogens (tertiary/aromatic N) is 1. The SMILES string of the molecule is CC1(C)c2cc(-c3c4ccccc4c(-c4ccccc4)c4ccc(-c5ccc(-n6c7ccccc7c7ccccc76)cc5)cc34)c3ccccc3c2C2C=CC=CC21C. The van der Waals surface area contributed by atoms with Crippen LogP contribution >= 0.6 is 0 Å². The second-order valence-electron chi connectivity index (χ2n) is 17.4. The fourth-order valence-corrected chi connectivity index (χ4v) is 11.0. The van der Waals surface area contributed by atoms with Crippen molar-refractivity contribution >= 4 is 54.1 Å². The summed E-state index contributed by atoms with van der Waals surface area (Å²) in [4.78, 5) is 0. The molecule has 9 aromatic carbocycles. The average molecular weight is 754 g/mol. The van der Waals surface area contributed by atoms with Gasteiger partial charge >= 0.3 is 0 Å². The van der Waals surface area contributed by atoms with Crippen molar-refractivity contribution in [3.63, 3.8) is 0 Å². The molecule has 0 aliphatic heterocycles. The predicted molar refractivity (Wildman–Crippen MR) is 252 cm³/mol. The molecular formula is C58H43N. The fourth-order valence-electron chi connectivity index (χ4n) is 11.0. The molecule has 1 aromatic heterocycles. The van der Waals surface area contributed by atoms with Gasteiger partial charge in [-0.25, -0.2) is 0 Å². The summed E-state index contributed by atoms with van der Waals surface area (Å²) < 4.78 is 2.40. The summed E-state index contributed by atoms with van der Waals surface area (Å²) in [5, 5.41) is 10.3. The smallest absolute Gasteiger partial charge is 0.0541 e. The minimum atomic E-state index is -0.0775. The molecule has 2 aliphatic rings. The van der Waals surface area contributed by atoms with Crippen molar-refractivity contribution in [2.45, 2.75) is 32.1 Å². The first-order chi connectivity index (χ1) is 28.9. The Hall–Kier alpha value is -6.96. The molecular weight excluding hydrogens is 711 g/mol. The quantitative estimate of drug-likeness (QED) is 0.158. The molecule has 0 saturated carbocycles. The highest BCUT2D eigenvalue weighted by molar-refractivity contribution is 6.24. The molecule has 0 radical (unpaired) electrons. The number of aromatic nitrogens is 1. The second kappa shape index (κ2) is 12.5. The third kappa shape index (κ3) is 4.73. The van der Waals surface area contributed by atoms with E-state index in [-0.39, 0.29) is 10.8 Å². The van der Waals surface area contributed by atoms with Crippen LogP contribution in [0.25, 0.3) is 93.2 Å². The predicted octanol–water partition coefficient (Wildman–Crippen LogP) is 15.8. The zero-order valence-electron chi connectivity index (χ0n) is 33.6. The largest absolute Gasteiger partial charge is 0.309 e. The molecule has 1 heteroatoms. The maximum atomic E-state index is 2.58. The van der Waals surface area contributed by atoms with Gasteiger partial charge < -0.3 is 4.57 Å². The number of hydrogen-bond acceptors (Lipinski definition) is 0. The number of hydrogen-bond donors (Lipinski definition) is 0. The first-order valence-corrected chi connectivity index (χ1v) is 21.0. The first-order valence-electron chi connectivity index (χ1n) is 21.0. The highest BCUT2D eigenvalue weighted by atomic mass is 15.0. The summed E-state index contributed by atoms with van der Waals surface area (Å²) in [6, 6.07) is 65.7. The van der Waals surface area contributed by atoms with Crippen molar-refractivity contribution in [1.29, 1.82) is 0 Å². The van der Waals surface area contributed by atoms with Crippen LogP contribution < -0.4 is 0 Å². The zero-order valence-corrected chi connectivity index (χ0v) is 33.6. The van der Waals surface area contributed by atoms with Gasteiger partial charge in [0.15, 0.2) is 0 Å². The summed E-state index contributed by atoms with van der Waals surface area (Å²) in [7, 11) is 0. The van der Waals surface area contributed by atoms with Crippen molar-refractivity contribution < 1.29 is 0 Å². The molecule has 0 N–H and O–H groups in total. The first kappa shape index (κ1) is 34.1. The van der Waals surface area contributed by atoms with E-state index in [1.807, 2.05) is 0 Å². The Labute approximate surface area is 345 Å². The van der Waals surface area contributed by atoms with Crippen LogP contribution in [0.3, 0.4) is 0 Å². The van der Waals surface area contributed by atoms with E-state index in [1.54, 1.807) is 0 Å². The Balaban J connectivity index is 1.13. The molecule has 280 valence electrons. The minimum Gasteiger partial charge on any atom is -0.309 e. The van der Waals surface area contributed by atoms with E-state index in [0.29, 0.717) is 5.92 Å². The molecule has 2 aliphatic carbocycles. The van der Waals surface area contributed by atoms with E-state index in [9.17, 15) is 0 Å². The van der Waals surface area contributed by atoms with Crippen molar-refractivity contribution in [1.82, 2.24) is 4.57 Å². The molecule has 10 aromatic rings. The van der Waals surface area contributed by atoms with Gasteiger partial charge in [0.1, 0.15) is 0 Å². The molecule has 0 bridgehead atoms. The molecule has 1 nitrogen and oxygen atoms in total. The number of allylic oxidation sites excluding steroid dienone is 4. The molecule has 12 rings (SSSR count). The van der Waals surface area contributed by atoms with Gasteiger partial charge in [0.05, 0.1) is 11.0 Å². The van der Waals surface area contributed by atoms with Gasteiger partial charge in [-0.1, -0.05) is 185 Å². The summed E-state index contributed by atoms with van der Waals surface area (Å²) in [5.74, 6) is 0.322. The van der Waals surface area contributed by atoms with E-state index in [0.717, 1.165) is 5.69 Å². The average Bonchev–Trinajstić information content (AvgIpc) is 3.71. The third-order valence-corrected chi connectivity index (χ3v) is 14.3. The minimum absolute atomic E-state index is 0.0225. The van der Waals surface area contributed by atoms with E-state index in [1.165, 1.54) is 98.6 Å². The van der Waals surface area contributed by atoms with Gasteiger partial charge in [0, 0.05) is 27.8 Å². The van der Waals surface area contributed by atoms with E-state index >= 15 is 0 Å². The normalized spacial score (nSPS) is 18.0. The van der Waals surface area contributed by atoms with Crippen LogP contribution in [0.5, 0.6) is 0 Å². The van der Waals surface area contributed by atoms with E-state index in [2.05, 4.69) is 226 Å². The van der Waals surface area contributed by atoms with Crippen LogP contribution in [-0.4, -0.2) is 4.57 Å². The molecule has 0 spiro atoms. The Morgan fingerprint density at radius 3 is 1.68 bits per heavy atom. The molecule has 2 atom stereocenters. The lowest BCUT2D eigenvalue weighted by Crippen LogP contribution is -2.36. The number of benzene rings is 9. The second-order valence-corrected chi connectivity index (χ2v) is 17.4. The van der Waals surface area contributed by atoms with Crippen LogP contribution in [-0.2, 0) is 5.41 Å². The number of fused-ring (bicyclic) bond motifs is 10. The Morgan fingerprint density at radius 1 is 0.424 bits per heavy atom. The topological polar surface area (TPSA) is 4.93 Å². The zero-order chi connectivity index (χ0) is 39.5. The Bertz CT molecular complexity index is 3360. The van der Waals surface area contributed by atoms with Crippen LogP contribution in [0.1, 0.15) is 37.8 Å². The lowest BCUT2D eigenvalue weighted by Gasteiger charge is -2.41. The Morgan fingerprint density at radius 2 is 0.983 bits per heavy atom. The van der Waals surface area contributed by atoms with Gasteiger partial charge in [-0.2, -0.15) is 0 Å². The van der Waals surface area contributed by atoms with Crippen LogP contribution in [0.4, 0.5) is 0 Å². The van der Waals surface area contributed by atoms with E-state index < -0.39 is 0 Å². The van der Waals surface area contributed by atoms with Gasteiger partial charge in [-0.15, -0.1) is 0 Å². The third-order valence-electron chi connectivity index (χ3n) is 14.3. The number of rotatable bonds is 4. The van der Waals surface area contributed by atoms with Crippen LogP contribution in [0, 0.1) is 5.41 Å². The summed E-state index contributed by atoms with van der Waals surface area (Å²) in [5.41, 5.74) is 14.0. The highest BCUT2D eigenvalue weighted by Gasteiger charge is 2.54.